The summed E-state index contributed by atoms with van der Waals surface area (Å²) in [5.74, 6) is -1.52. The first-order valence-corrected chi connectivity index (χ1v) is 9.97. The molecule has 2 heterocycles. The molecule has 1 fully saturated rings. The lowest BCUT2D eigenvalue weighted by Gasteiger charge is -2.16. The number of ether oxygens (including phenoxy) is 1. The van der Waals surface area contributed by atoms with Crippen LogP contribution in [0.25, 0.3) is 10.9 Å². The van der Waals surface area contributed by atoms with Gasteiger partial charge in [0.05, 0.1) is 18.6 Å². The molecule has 0 saturated carbocycles. The Kier molecular flexibility index (Phi) is 5.70. The Morgan fingerprint density at radius 3 is 2.74 bits per heavy atom. The number of fused-ring (bicyclic) bond motifs is 1. The summed E-state index contributed by atoms with van der Waals surface area (Å²) in [6, 6.07) is 10.9. The van der Waals surface area contributed by atoms with E-state index in [0.717, 1.165) is 16.5 Å². The number of carbonyl (C=O) groups excluding carboxylic acids is 3. The Morgan fingerprint density at radius 1 is 1.23 bits per heavy atom. The first-order valence-electron chi connectivity index (χ1n) is 9.97. The third-order valence-electron chi connectivity index (χ3n) is 5.54. The number of likely N-dealkylation sites (tertiary alicyclic amines) is 1. The number of carbonyl (C=O) groups is 3. The molecule has 0 bridgehead atoms. The van der Waals surface area contributed by atoms with Crippen LogP contribution in [0.5, 0.6) is 0 Å². The number of rotatable bonds is 6. The SMILES string of the molecule is COC(=O)c1ccc(NC(=O)[C@H]2CC(=O)N(CCc3c[nH]c4ccc(F)cc34)C2)cc1. The minimum atomic E-state index is -0.451. The van der Waals surface area contributed by atoms with Crippen molar-refractivity contribution in [2.75, 3.05) is 25.5 Å². The van der Waals surface area contributed by atoms with Gasteiger partial charge in [-0.15, -0.1) is 0 Å². The fraction of sp³-hybridized carbons (Fsp3) is 0.261. The number of H-pyrrole nitrogens is 1. The molecular formula is C23H22FN3O4. The molecule has 3 aromatic rings. The monoisotopic (exact) mass is 423 g/mol. The van der Waals surface area contributed by atoms with E-state index in [2.05, 4.69) is 15.0 Å². The minimum Gasteiger partial charge on any atom is -0.465 e. The van der Waals surface area contributed by atoms with E-state index in [4.69, 9.17) is 0 Å². The van der Waals surface area contributed by atoms with Crippen molar-refractivity contribution in [1.82, 2.24) is 9.88 Å². The Bertz CT molecular complexity index is 1140. The summed E-state index contributed by atoms with van der Waals surface area (Å²) >= 11 is 0. The fourth-order valence-electron chi connectivity index (χ4n) is 3.83. The summed E-state index contributed by atoms with van der Waals surface area (Å²) in [5.41, 5.74) is 2.71. The zero-order valence-corrected chi connectivity index (χ0v) is 17.0. The molecule has 31 heavy (non-hydrogen) atoms. The van der Waals surface area contributed by atoms with E-state index in [-0.39, 0.29) is 24.1 Å². The molecule has 0 radical (unpaired) electrons. The van der Waals surface area contributed by atoms with Gasteiger partial charge in [0, 0.05) is 42.3 Å². The first-order chi connectivity index (χ1) is 14.9. The van der Waals surface area contributed by atoms with Crippen LogP contribution in [-0.4, -0.2) is 47.9 Å². The third-order valence-corrected chi connectivity index (χ3v) is 5.54. The highest BCUT2D eigenvalue weighted by Gasteiger charge is 2.34. The number of aromatic amines is 1. The number of amides is 2. The van der Waals surface area contributed by atoms with Crippen LogP contribution in [0.1, 0.15) is 22.3 Å². The van der Waals surface area contributed by atoms with E-state index in [0.29, 0.717) is 30.8 Å². The average Bonchev–Trinajstić information content (AvgIpc) is 3.35. The number of halogens is 1. The normalized spacial score (nSPS) is 16.0. The standard InChI is InChI=1S/C23H22FN3O4/c1-31-23(30)14-2-5-18(6-3-14)26-22(29)16-10-21(28)27(13-16)9-8-15-12-25-20-7-4-17(24)11-19(15)20/h2-7,11-12,16,25H,8-10,13H2,1H3,(H,26,29)/t16-/m0/s1. The van der Waals surface area contributed by atoms with Crippen LogP contribution in [-0.2, 0) is 20.7 Å². The van der Waals surface area contributed by atoms with Gasteiger partial charge < -0.3 is 19.9 Å². The Labute approximate surface area is 178 Å². The van der Waals surface area contributed by atoms with Gasteiger partial charge in [-0.3, -0.25) is 9.59 Å². The molecule has 0 spiro atoms. The quantitative estimate of drug-likeness (QED) is 0.596. The molecule has 0 unspecified atom stereocenters. The van der Waals surface area contributed by atoms with Crippen LogP contribution >= 0.6 is 0 Å². The van der Waals surface area contributed by atoms with E-state index in [9.17, 15) is 18.8 Å². The Morgan fingerprint density at radius 2 is 2.00 bits per heavy atom. The van der Waals surface area contributed by atoms with Crippen molar-refractivity contribution in [3.05, 3.63) is 65.6 Å². The predicted molar refractivity (Wildman–Crippen MR) is 113 cm³/mol. The zero-order valence-electron chi connectivity index (χ0n) is 17.0. The van der Waals surface area contributed by atoms with Crippen molar-refractivity contribution in [3.63, 3.8) is 0 Å². The molecule has 4 rings (SSSR count). The van der Waals surface area contributed by atoms with E-state index in [1.54, 1.807) is 35.2 Å². The minimum absolute atomic E-state index is 0.0767. The van der Waals surface area contributed by atoms with E-state index in [1.165, 1.54) is 19.2 Å². The number of methoxy groups -OCH3 is 1. The molecule has 8 heteroatoms. The maximum atomic E-state index is 13.6. The molecule has 1 atom stereocenters. The molecule has 7 nitrogen and oxygen atoms in total. The van der Waals surface area contributed by atoms with Gasteiger partial charge in [-0.25, -0.2) is 9.18 Å². The summed E-state index contributed by atoms with van der Waals surface area (Å²) in [7, 11) is 1.30. The lowest BCUT2D eigenvalue weighted by molar-refractivity contribution is -0.128. The average molecular weight is 423 g/mol. The number of aromatic nitrogens is 1. The molecule has 1 aliphatic heterocycles. The van der Waals surface area contributed by atoms with Crippen LogP contribution < -0.4 is 5.32 Å². The van der Waals surface area contributed by atoms with Gasteiger partial charge in [0.15, 0.2) is 0 Å². The van der Waals surface area contributed by atoms with Crippen molar-refractivity contribution in [1.29, 1.82) is 0 Å². The first kappa shape index (κ1) is 20.6. The van der Waals surface area contributed by atoms with E-state index in [1.807, 2.05) is 6.20 Å². The summed E-state index contributed by atoms with van der Waals surface area (Å²) in [5, 5.41) is 3.59. The predicted octanol–water partition coefficient (Wildman–Crippen LogP) is 3.12. The zero-order chi connectivity index (χ0) is 22.0. The topological polar surface area (TPSA) is 91.5 Å². The van der Waals surface area contributed by atoms with Gasteiger partial charge in [-0.1, -0.05) is 0 Å². The number of esters is 1. The molecule has 1 aliphatic rings. The number of benzene rings is 2. The van der Waals surface area contributed by atoms with Gasteiger partial charge in [0.25, 0.3) is 0 Å². The van der Waals surface area contributed by atoms with Gasteiger partial charge >= 0.3 is 5.97 Å². The summed E-state index contributed by atoms with van der Waals surface area (Å²) in [6.07, 6.45) is 2.54. The summed E-state index contributed by atoms with van der Waals surface area (Å²) in [4.78, 5) is 41.3. The third kappa shape index (κ3) is 4.42. The highest BCUT2D eigenvalue weighted by atomic mass is 19.1. The van der Waals surface area contributed by atoms with Crippen LogP contribution in [0, 0.1) is 11.7 Å². The highest BCUT2D eigenvalue weighted by Crippen LogP contribution is 2.23. The molecule has 2 N–H and O–H groups in total. The molecule has 2 amide bonds. The lowest BCUT2D eigenvalue weighted by atomic mass is 10.1. The largest absolute Gasteiger partial charge is 0.465 e. The second-order valence-corrected chi connectivity index (χ2v) is 7.55. The molecule has 160 valence electrons. The maximum Gasteiger partial charge on any atom is 0.337 e. The summed E-state index contributed by atoms with van der Waals surface area (Å²) in [6.45, 7) is 0.793. The lowest BCUT2D eigenvalue weighted by Crippen LogP contribution is -2.30. The van der Waals surface area contributed by atoms with Crippen LogP contribution in [0.3, 0.4) is 0 Å². The molecule has 1 saturated heterocycles. The van der Waals surface area contributed by atoms with Gasteiger partial charge in [-0.2, -0.15) is 0 Å². The van der Waals surface area contributed by atoms with Crippen molar-refractivity contribution in [3.8, 4) is 0 Å². The second-order valence-electron chi connectivity index (χ2n) is 7.55. The smallest absolute Gasteiger partial charge is 0.337 e. The number of nitrogens with one attached hydrogen (secondary N) is 2. The number of nitrogens with zero attached hydrogens (tertiary/aromatic N) is 1. The molecular weight excluding hydrogens is 401 g/mol. The van der Waals surface area contributed by atoms with E-state index < -0.39 is 11.9 Å². The Balaban J connectivity index is 1.34. The summed E-state index contributed by atoms with van der Waals surface area (Å²) < 4.78 is 18.2. The van der Waals surface area contributed by atoms with Crippen LogP contribution in [0.4, 0.5) is 10.1 Å². The maximum absolute atomic E-state index is 13.6. The fourth-order valence-corrected chi connectivity index (χ4v) is 3.83. The van der Waals surface area contributed by atoms with Crippen molar-refractivity contribution < 1.29 is 23.5 Å². The number of hydrogen-bond donors (Lipinski definition) is 2. The van der Waals surface area contributed by atoms with Crippen molar-refractivity contribution in [2.24, 2.45) is 5.92 Å². The highest BCUT2D eigenvalue weighted by molar-refractivity contribution is 5.97. The Hall–Kier alpha value is -3.68. The van der Waals surface area contributed by atoms with Gasteiger partial charge in [0.2, 0.25) is 11.8 Å². The van der Waals surface area contributed by atoms with Crippen LogP contribution in [0.2, 0.25) is 0 Å². The van der Waals surface area contributed by atoms with Gasteiger partial charge in [0.1, 0.15) is 5.82 Å². The molecule has 0 aliphatic carbocycles. The second kappa shape index (κ2) is 8.59. The number of anilines is 1. The van der Waals surface area contributed by atoms with Crippen molar-refractivity contribution in [2.45, 2.75) is 12.8 Å². The molecule has 2 aromatic carbocycles. The van der Waals surface area contributed by atoms with E-state index >= 15 is 0 Å². The molecule has 1 aromatic heterocycles. The van der Waals surface area contributed by atoms with Crippen molar-refractivity contribution >= 4 is 34.4 Å². The van der Waals surface area contributed by atoms with Crippen LogP contribution in [0.15, 0.2) is 48.7 Å². The van der Waals surface area contributed by atoms with Gasteiger partial charge in [-0.05, 0) is 54.4 Å². The number of hydrogen-bond acceptors (Lipinski definition) is 4.